The predicted octanol–water partition coefficient (Wildman–Crippen LogP) is 4.29. The van der Waals surface area contributed by atoms with Crippen LogP contribution in [-0.4, -0.2) is 24.4 Å². The minimum atomic E-state index is -0.241. The van der Waals surface area contributed by atoms with Crippen molar-refractivity contribution in [3.63, 3.8) is 0 Å². The molecule has 2 heterocycles. The van der Waals surface area contributed by atoms with Gasteiger partial charge in [0.05, 0.1) is 5.69 Å². The molecule has 0 bridgehead atoms. The van der Waals surface area contributed by atoms with Crippen molar-refractivity contribution in [3.05, 3.63) is 59.5 Å². The molecule has 2 aromatic carbocycles. The maximum absolute atomic E-state index is 12.0. The Bertz CT molecular complexity index is 927. The lowest BCUT2D eigenvalue weighted by atomic mass is 10.1. The van der Waals surface area contributed by atoms with Crippen molar-refractivity contribution < 1.29 is 14.3 Å². The van der Waals surface area contributed by atoms with E-state index in [-0.39, 0.29) is 12.8 Å². The molecule has 0 atom stereocenters. The number of hydrogen-bond acceptors (Lipinski definition) is 5. The molecule has 1 aliphatic rings. The SMILES string of the molecule is O=C(NCCCc1ccccc1)Nc1nc(-c2ccc3c(c2)OCO3)cs1. The van der Waals surface area contributed by atoms with E-state index in [1.165, 1.54) is 16.9 Å². The lowest BCUT2D eigenvalue weighted by molar-refractivity contribution is 0.174. The zero-order valence-electron chi connectivity index (χ0n) is 14.6. The summed E-state index contributed by atoms with van der Waals surface area (Å²) in [5.41, 5.74) is 2.98. The second-order valence-corrected chi connectivity index (χ2v) is 6.93. The number of hydrogen-bond donors (Lipinski definition) is 2. The van der Waals surface area contributed by atoms with Crippen LogP contribution in [0.3, 0.4) is 0 Å². The Morgan fingerprint density at radius 1 is 1.11 bits per heavy atom. The van der Waals surface area contributed by atoms with Crippen molar-refractivity contribution in [2.45, 2.75) is 12.8 Å². The summed E-state index contributed by atoms with van der Waals surface area (Å²) in [5, 5.41) is 8.11. The van der Waals surface area contributed by atoms with Crippen LogP contribution in [0.2, 0.25) is 0 Å². The number of fused-ring (bicyclic) bond motifs is 1. The van der Waals surface area contributed by atoms with E-state index in [1.54, 1.807) is 0 Å². The second-order valence-electron chi connectivity index (χ2n) is 6.08. The number of urea groups is 1. The number of carbonyl (C=O) groups excluding carboxylic acids is 1. The number of rotatable bonds is 6. The van der Waals surface area contributed by atoms with E-state index in [0.717, 1.165) is 29.8 Å². The molecule has 3 aromatic rings. The van der Waals surface area contributed by atoms with Gasteiger partial charge in [-0.3, -0.25) is 5.32 Å². The summed E-state index contributed by atoms with van der Waals surface area (Å²) in [7, 11) is 0. The first kappa shape index (κ1) is 17.4. The fraction of sp³-hybridized carbons (Fsp3) is 0.200. The number of thiazole rings is 1. The molecule has 2 N–H and O–H groups in total. The van der Waals surface area contributed by atoms with Gasteiger partial charge in [0, 0.05) is 17.5 Å². The molecule has 1 aromatic heterocycles. The Balaban J connectivity index is 1.27. The molecule has 138 valence electrons. The van der Waals surface area contributed by atoms with Gasteiger partial charge < -0.3 is 14.8 Å². The lowest BCUT2D eigenvalue weighted by Gasteiger charge is -2.05. The summed E-state index contributed by atoms with van der Waals surface area (Å²) < 4.78 is 10.7. The standard InChI is InChI=1S/C20H19N3O3S/c24-19(21-10-4-7-14-5-2-1-3-6-14)23-20-22-16(12-27-20)15-8-9-17-18(11-15)26-13-25-17/h1-3,5-6,8-9,11-12H,4,7,10,13H2,(H2,21,22,23,24). The maximum atomic E-state index is 12.0. The van der Waals surface area contributed by atoms with Crippen LogP contribution in [0.15, 0.2) is 53.9 Å². The lowest BCUT2D eigenvalue weighted by Crippen LogP contribution is -2.29. The first-order chi connectivity index (χ1) is 13.3. The highest BCUT2D eigenvalue weighted by Crippen LogP contribution is 2.36. The van der Waals surface area contributed by atoms with Gasteiger partial charge in [0.1, 0.15) is 0 Å². The third-order valence-corrected chi connectivity index (χ3v) is 4.92. The zero-order valence-corrected chi connectivity index (χ0v) is 15.4. The normalized spacial score (nSPS) is 12.0. The maximum Gasteiger partial charge on any atom is 0.321 e. The summed E-state index contributed by atoms with van der Waals surface area (Å²) in [6.45, 7) is 0.855. The van der Waals surface area contributed by atoms with Crippen LogP contribution in [0.5, 0.6) is 11.5 Å². The highest BCUT2D eigenvalue weighted by atomic mass is 32.1. The number of ether oxygens (including phenoxy) is 2. The smallest absolute Gasteiger partial charge is 0.321 e. The van der Waals surface area contributed by atoms with E-state index in [2.05, 4.69) is 27.8 Å². The number of aryl methyl sites for hydroxylation is 1. The molecule has 4 rings (SSSR count). The Labute approximate surface area is 161 Å². The molecule has 0 radical (unpaired) electrons. The van der Waals surface area contributed by atoms with E-state index in [4.69, 9.17) is 9.47 Å². The molecular weight excluding hydrogens is 362 g/mol. The molecular formula is C20H19N3O3S. The van der Waals surface area contributed by atoms with Crippen molar-refractivity contribution in [2.24, 2.45) is 0 Å². The fourth-order valence-electron chi connectivity index (χ4n) is 2.80. The van der Waals surface area contributed by atoms with E-state index >= 15 is 0 Å². The number of nitrogens with zero attached hydrogens (tertiary/aromatic N) is 1. The van der Waals surface area contributed by atoms with Gasteiger partial charge >= 0.3 is 6.03 Å². The molecule has 7 heteroatoms. The quantitative estimate of drug-likeness (QED) is 0.625. The molecule has 2 amide bonds. The molecule has 6 nitrogen and oxygen atoms in total. The summed E-state index contributed by atoms with van der Waals surface area (Å²) >= 11 is 1.39. The highest BCUT2D eigenvalue weighted by Gasteiger charge is 2.15. The third-order valence-electron chi connectivity index (χ3n) is 4.16. The highest BCUT2D eigenvalue weighted by molar-refractivity contribution is 7.14. The van der Waals surface area contributed by atoms with E-state index in [9.17, 15) is 4.79 Å². The fourth-order valence-corrected chi connectivity index (χ4v) is 3.51. The zero-order chi connectivity index (χ0) is 18.5. The monoisotopic (exact) mass is 381 g/mol. The average molecular weight is 381 g/mol. The number of amides is 2. The van der Waals surface area contributed by atoms with Gasteiger partial charge in [0.15, 0.2) is 16.6 Å². The summed E-state index contributed by atoms with van der Waals surface area (Å²) in [4.78, 5) is 16.5. The number of nitrogens with one attached hydrogen (secondary N) is 2. The Morgan fingerprint density at radius 3 is 2.85 bits per heavy atom. The molecule has 0 aliphatic carbocycles. The summed E-state index contributed by atoms with van der Waals surface area (Å²) in [6, 6.07) is 15.7. The van der Waals surface area contributed by atoms with Crippen LogP contribution in [0.25, 0.3) is 11.3 Å². The summed E-state index contributed by atoms with van der Waals surface area (Å²) in [5.74, 6) is 1.45. The number of aromatic nitrogens is 1. The Morgan fingerprint density at radius 2 is 1.96 bits per heavy atom. The second kappa shape index (κ2) is 8.09. The first-order valence-corrected chi connectivity index (χ1v) is 9.60. The molecule has 0 fully saturated rings. The molecule has 0 saturated carbocycles. The van der Waals surface area contributed by atoms with E-state index in [1.807, 2.05) is 41.8 Å². The average Bonchev–Trinajstić information content (AvgIpc) is 3.34. The van der Waals surface area contributed by atoms with Gasteiger partial charge in [0.25, 0.3) is 0 Å². The van der Waals surface area contributed by atoms with Gasteiger partial charge in [0.2, 0.25) is 6.79 Å². The van der Waals surface area contributed by atoms with Crippen LogP contribution in [-0.2, 0) is 6.42 Å². The van der Waals surface area contributed by atoms with Gasteiger partial charge in [-0.15, -0.1) is 11.3 Å². The van der Waals surface area contributed by atoms with E-state index < -0.39 is 0 Å². The largest absolute Gasteiger partial charge is 0.454 e. The van der Waals surface area contributed by atoms with Gasteiger partial charge in [-0.05, 0) is 36.6 Å². The minimum Gasteiger partial charge on any atom is -0.454 e. The van der Waals surface area contributed by atoms with Crippen molar-refractivity contribution in [1.29, 1.82) is 0 Å². The predicted molar refractivity (Wildman–Crippen MR) is 105 cm³/mol. The number of carbonyl (C=O) groups is 1. The molecule has 27 heavy (non-hydrogen) atoms. The third kappa shape index (κ3) is 4.38. The molecule has 0 spiro atoms. The molecule has 0 saturated heterocycles. The van der Waals surface area contributed by atoms with Crippen LogP contribution in [0.1, 0.15) is 12.0 Å². The molecule has 0 unspecified atom stereocenters. The van der Waals surface area contributed by atoms with Gasteiger partial charge in [-0.1, -0.05) is 30.3 Å². The minimum absolute atomic E-state index is 0.241. The van der Waals surface area contributed by atoms with Crippen molar-refractivity contribution in [2.75, 3.05) is 18.7 Å². The first-order valence-electron chi connectivity index (χ1n) is 8.72. The van der Waals surface area contributed by atoms with E-state index in [0.29, 0.717) is 17.4 Å². The van der Waals surface area contributed by atoms with Crippen molar-refractivity contribution >= 4 is 22.5 Å². The van der Waals surface area contributed by atoms with Crippen LogP contribution in [0, 0.1) is 0 Å². The molecule has 1 aliphatic heterocycles. The van der Waals surface area contributed by atoms with Crippen LogP contribution in [0.4, 0.5) is 9.93 Å². The van der Waals surface area contributed by atoms with Crippen LogP contribution >= 0.6 is 11.3 Å². The topological polar surface area (TPSA) is 72.5 Å². The Hall–Kier alpha value is -3.06. The Kier molecular flexibility index (Phi) is 5.20. The van der Waals surface area contributed by atoms with Crippen molar-refractivity contribution in [1.82, 2.24) is 10.3 Å². The number of benzene rings is 2. The van der Waals surface area contributed by atoms with Crippen LogP contribution < -0.4 is 20.1 Å². The van der Waals surface area contributed by atoms with Crippen molar-refractivity contribution in [3.8, 4) is 22.8 Å². The van der Waals surface area contributed by atoms with Gasteiger partial charge in [-0.2, -0.15) is 0 Å². The number of anilines is 1. The summed E-state index contributed by atoms with van der Waals surface area (Å²) in [6.07, 6.45) is 1.82. The van der Waals surface area contributed by atoms with Gasteiger partial charge in [-0.25, -0.2) is 9.78 Å².